The van der Waals surface area contributed by atoms with E-state index in [1.165, 1.54) is 11.8 Å². The molecular formula is C26H30F3N5O2. The number of alkyl halides is 3. The molecule has 0 bridgehead atoms. The lowest BCUT2D eigenvalue weighted by Crippen LogP contribution is -2.47. The third kappa shape index (κ3) is 6.63. The normalized spacial score (nSPS) is 21.1. The molecule has 7 nitrogen and oxygen atoms in total. The van der Waals surface area contributed by atoms with Crippen LogP contribution in [0, 0.1) is 5.92 Å². The monoisotopic (exact) mass is 501 g/mol. The molecule has 36 heavy (non-hydrogen) atoms. The lowest BCUT2D eigenvalue weighted by atomic mass is 10.0. The Labute approximate surface area is 208 Å². The summed E-state index contributed by atoms with van der Waals surface area (Å²) in [5.41, 5.74) is 6.65. The van der Waals surface area contributed by atoms with Crippen molar-refractivity contribution in [2.75, 3.05) is 43.4 Å². The fourth-order valence-electron chi connectivity index (χ4n) is 4.77. The van der Waals surface area contributed by atoms with Crippen LogP contribution >= 0.6 is 0 Å². The van der Waals surface area contributed by atoms with Gasteiger partial charge in [-0.25, -0.2) is 4.99 Å². The molecule has 0 saturated carbocycles. The Morgan fingerprint density at radius 3 is 2.61 bits per heavy atom. The molecule has 0 aliphatic carbocycles. The van der Waals surface area contributed by atoms with E-state index in [0.717, 1.165) is 69.3 Å². The van der Waals surface area contributed by atoms with Crippen molar-refractivity contribution in [2.24, 2.45) is 10.9 Å². The second kappa shape index (κ2) is 11.1. The Morgan fingerprint density at radius 2 is 1.86 bits per heavy atom. The molecule has 2 aromatic rings. The summed E-state index contributed by atoms with van der Waals surface area (Å²) >= 11 is 0. The third-order valence-corrected chi connectivity index (χ3v) is 6.71. The zero-order chi connectivity index (χ0) is 25.7. The number of carbonyl (C=O) groups excluding carboxylic acids is 2. The summed E-state index contributed by atoms with van der Waals surface area (Å²) in [6.07, 6.45) is 0.215. The smallest absolute Gasteiger partial charge is 0.399 e. The highest BCUT2D eigenvalue weighted by atomic mass is 19.4. The maximum absolute atomic E-state index is 12.8. The van der Waals surface area contributed by atoms with Gasteiger partial charge in [0.2, 0.25) is 0 Å². The van der Waals surface area contributed by atoms with Crippen LogP contribution in [0.5, 0.6) is 0 Å². The van der Waals surface area contributed by atoms with Crippen LogP contribution in [-0.2, 0) is 11.0 Å². The SMILES string of the molecule is Nc1ccc(N2CCCC(N3CCC(C=NC(=O)CNC(=O)c4cccc(C(F)(F)F)c4)C3)C2)cc1. The Morgan fingerprint density at radius 1 is 1.08 bits per heavy atom. The van der Waals surface area contributed by atoms with Gasteiger partial charge >= 0.3 is 6.18 Å². The molecule has 2 saturated heterocycles. The van der Waals surface area contributed by atoms with Crippen molar-refractivity contribution >= 4 is 29.4 Å². The van der Waals surface area contributed by atoms with Crippen molar-refractivity contribution in [3.8, 4) is 0 Å². The molecule has 0 spiro atoms. The van der Waals surface area contributed by atoms with Crippen molar-refractivity contribution in [3.05, 3.63) is 59.7 Å². The van der Waals surface area contributed by atoms with E-state index in [1.807, 2.05) is 12.1 Å². The number of nitrogens with two attached hydrogens (primary N) is 1. The van der Waals surface area contributed by atoms with Crippen LogP contribution in [0.4, 0.5) is 24.5 Å². The molecule has 192 valence electrons. The zero-order valence-corrected chi connectivity index (χ0v) is 19.9. The first-order chi connectivity index (χ1) is 17.2. The van der Waals surface area contributed by atoms with Crippen LogP contribution in [0.2, 0.25) is 0 Å². The fraction of sp³-hybridized carbons (Fsp3) is 0.423. The zero-order valence-electron chi connectivity index (χ0n) is 19.9. The number of aliphatic imine (C=N–C) groups is 1. The van der Waals surface area contributed by atoms with Crippen molar-refractivity contribution in [1.82, 2.24) is 10.2 Å². The number of nitrogens with one attached hydrogen (secondary N) is 1. The molecule has 0 aromatic heterocycles. The second-order valence-electron chi connectivity index (χ2n) is 9.31. The summed E-state index contributed by atoms with van der Waals surface area (Å²) in [6.45, 7) is 3.32. The summed E-state index contributed by atoms with van der Waals surface area (Å²) in [4.78, 5) is 33.1. The summed E-state index contributed by atoms with van der Waals surface area (Å²) in [7, 11) is 0. The number of likely N-dealkylation sites (tertiary alicyclic amines) is 1. The first-order valence-electron chi connectivity index (χ1n) is 12.1. The molecule has 2 atom stereocenters. The summed E-state index contributed by atoms with van der Waals surface area (Å²) in [5, 5.41) is 2.34. The predicted octanol–water partition coefficient (Wildman–Crippen LogP) is 3.61. The van der Waals surface area contributed by atoms with Crippen LogP contribution < -0.4 is 16.0 Å². The van der Waals surface area contributed by atoms with E-state index in [4.69, 9.17) is 5.73 Å². The highest BCUT2D eigenvalue weighted by Crippen LogP contribution is 2.29. The lowest BCUT2D eigenvalue weighted by Gasteiger charge is -2.39. The summed E-state index contributed by atoms with van der Waals surface area (Å²) in [6, 6.07) is 12.4. The lowest BCUT2D eigenvalue weighted by molar-refractivity contribution is -0.137. The summed E-state index contributed by atoms with van der Waals surface area (Å²) in [5.74, 6) is -1.15. The standard InChI is InChI=1S/C26H30F3N5O2/c27-26(28,29)20-4-1-3-19(13-20)25(36)32-15-24(35)31-14-18-10-12-34(16-18)23-5-2-11-33(17-23)22-8-6-21(30)7-9-22/h1,3-4,6-9,13-14,18,23H,2,5,10-12,15-17,30H2,(H,32,36). The Hall–Kier alpha value is -3.40. The largest absolute Gasteiger partial charge is 0.416 e. The Bertz CT molecular complexity index is 1100. The van der Waals surface area contributed by atoms with Crippen LogP contribution in [0.15, 0.2) is 53.5 Å². The number of rotatable bonds is 6. The number of carbonyl (C=O) groups is 2. The Balaban J connectivity index is 1.24. The molecule has 2 aliphatic heterocycles. The van der Waals surface area contributed by atoms with Gasteiger partial charge in [0.05, 0.1) is 12.1 Å². The number of piperidine rings is 1. The predicted molar refractivity (Wildman–Crippen MR) is 133 cm³/mol. The highest BCUT2D eigenvalue weighted by Gasteiger charge is 2.32. The first-order valence-corrected chi connectivity index (χ1v) is 12.1. The second-order valence-corrected chi connectivity index (χ2v) is 9.31. The maximum atomic E-state index is 12.8. The quantitative estimate of drug-likeness (QED) is 0.466. The number of nitrogen functional groups attached to an aromatic ring is 1. The van der Waals surface area contributed by atoms with Gasteiger partial charge in [-0.1, -0.05) is 6.07 Å². The molecule has 2 unspecified atom stereocenters. The molecule has 4 rings (SSSR count). The van der Waals surface area contributed by atoms with E-state index in [9.17, 15) is 22.8 Å². The number of halogens is 3. The number of anilines is 2. The number of hydrogen-bond donors (Lipinski definition) is 2. The van der Waals surface area contributed by atoms with Crippen molar-refractivity contribution in [2.45, 2.75) is 31.5 Å². The average molecular weight is 502 g/mol. The number of nitrogens with zero attached hydrogens (tertiary/aromatic N) is 3. The van der Waals surface area contributed by atoms with Gasteiger partial charge in [0, 0.05) is 54.7 Å². The minimum atomic E-state index is -4.54. The van der Waals surface area contributed by atoms with E-state index in [1.54, 1.807) is 6.21 Å². The van der Waals surface area contributed by atoms with Gasteiger partial charge in [-0.15, -0.1) is 0 Å². The topological polar surface area (TPSA) is 91.0 Å². The molecule has 2 fully saturated rings. The maximum Gasteiger partial charge on any atom is 0.416 e. The number of amides is 2. The van der Waals surface area contributed by atoms with Crippen LogP contribution in [-0.4, -0.2) is 61.7 Å². The molecular weight excluding hydrogens is 471 g/mol. The molecule has 2 aliphatic rings. The van der Waals surface area contributed by atoms with Gasteiger partial charge in [0.25, 0.3) is 11.8 Å². The van der Waals surface area contributed by atoms with Crippen LogP contribution in [0.3, 0.4) is 0 Å². The van der Waals surface area contributed by atoms with Gasteiger partial charge in [0.1, 0.15) is 0 Å². The van der Waals surface area contributed by atoms with E-state index in [2.05, 4.69) is 32.2 Å². The van der Waals surface area contributed by atoms with Crippen molar-refractivity contribution in [3.63, 3.8) is 0 Å². The van der Waals surface area contributed by atoms with Crippen LogP contribution in [0.25, 0.3) is 0 Å². The van der Waals surface area contributed by atoms with Gasteiger partial charge in [-0.3, -0.25) is 14.5 Å². The van der Waals surface area contributed by atoms with E-state index >= 15 is 0 Å². The average Bonchev–Trinajstić information content (AvgIpc) is 3.35. The molecule has 2 aromatic carbocycles. The highest BCUT2D eigenvalue weighted by molar-refractivity contribution is 5.97. The molecule has 3 N–H and O–H groups in total. The van der Waals surface area contributed by atoms with E-state index in [-0.39, 0.29) is 18.0 Å². The van der Waals surface area contributed by atoms with Crippen molar-refractivity contribution < 1.29 is 22.8 Å². The molecule has 2 amide bonds. The molecule has 10 heteroatoms. The Kier molecular flexibility index (Phi) is 7.93. The van der Waals surface area contributed by atoms with Gasteiger partial charge in [-0.2, -0.15) is 13.2 Å². The van der Waals surface area contributed by atoms with Gasteiger partial charge in [0.15, 0.2) is 0 Å². The van der Waals surface area contributed by atoms with Gasteiger partial charge < -0.3 is 16.0 Å². The van der Waals surface area contributed by atoms with E-state index < -0.39 is 23.6 Å². The van der Waals surface area contributed by atoms with Crippen molar-refractivity contribution in [1.29, 1.82) is 0 Å². The number of benzene rings is 2. The third-order valence-electron chi connectivity index (χ3n) is 6.71. The molecule has 2 heterocycles. The molecule has 0 radical (unpaired) electrons. The minimum absolute atomic E-state index is 0.139. The number of hydrogen-bond acceptors (Lipinski definition) is 5. The summed E-state index contributed by atoms with van der Waals surface area (Å²) < 4.78 is 38.5. The van der Waals surface area contributed by atoms with Gasteiger partial charge in [-0.05, 0) is 68.3 Å². The fourth-order valence-corrected chi connectivity index (χ4v) is 4.77. The first kappa shape index (κ1) is 25.7. The minimum Gasteiger partial charge on any atom is -0.399 e. The van der Waals surface area contributed by atoms with E-state index in [0.29, 0.717) is 6.04 Å². The van der Waals surface area contributed by atoms with Crippen LogP contribution in [0.1, 0.15) is 35.2 Å².